The molecule has 102 valence electrons. The van der Waals surface area contributed by atoms with Gasteiger partial charge in [0.05, 0.1) is 0 Å². The first-order chi connectivity index (χ1) is 9.13. The van der Waals surface area contributed by atoms with Gasteiger partial charge in [-0.3, -0.25) is 0 Å². The quantitative estimate of drug-likeness (QED) is 0.879. The van der Waals surface area contributed by atoms with Gasteiger partial charge in [-0.2, -0.15) is 0 Å². The molecular weight excluding hydrogens is 258 g/mol. The lowest BCUT2D eigenvalue weighted by Crippen LogP contribution is -2.18. The molecule has 1 heterocycles. The second-order valence-corrected chi connectivity index (χ2v) is 5.93. The molecule has 0 spiro atoms. The number of hydrogen-bond donors (Lipinski definition) is 1. The molecule has 2 aromatic rings. The van der Waals surface area contributed by atoms with Crippen molar-refractivity contribution < 1.29 is 4.74 Å². The van der Waals surface area contributed by atoms with E-state index in [1.54, 1.807) is 0 Å². The molecule has 4 nitrogen and oxygen atoms in total. The molecule has 0 saturated heterocycles. The van der Waals surface area contributed by atoms with Crippen molar-refractivity contribution in [1.29, 1.82) is 0 Å². The fourth-order valence-corrected chi connectivity index (χ4v) is 2.20. The van der Waals surface area contributed by atoms with Crippen LogP contribution >= 0.6 is 11.3 Å². The molecule has 0 fully saturated rings. The molecule has 0 aliphatic heterocycles. The van der Waals surface area contributed by atoms with E-state index in [1.807, 2.05) is 31.2 Å². The lowest BCUT2D eigenvalue weighted by molar-refractivity contribution is 0.472. The average molecular weight is 277 g/mol. The topological polar surface area (TPSA) is 47.0 Å². The number of nitrogens with one attached hydrogen (secondary N) is 1. The zero-order chi connectivity index (χ0) is 13.7. The van der Waals surface area contributed by atoms with Crippen LogP contribution in [0.5, 0.6) is 10.9 Å². The first-order valence-electron chi connectivity index (χ1n) is 6.41. The second-order valence-electron chi connectivity index (χ2n) is 4.90. The molecule has 0 aliphatic rings. The summed E-state index contributed by atoms with van der Waals surface area (Å²) >= 11 is 1.48. The lowest BCUT2D eigenvalue weighted by Gasteiger charge is -2.04. The van der Waals surface area contributed by atoms with Crippen molar-refractivity contribution in [3.8, 4) is 10.9 Å². The third-order valence-electron chi connectivity index (χ3n) is 2.50. The van der Waals surface area contributed by atoms with Crippen molar-refractivity contribution in [2.75, 3.05) is 6.54 Å². The summed E-state index contributed by atoms with van der Waals surface area (Å²) in [4.78, 5) is 0. The fraction of sp³-hybridized carbons (Fsp3) is 0.429. The van der Waals surface area contributed by atoms with Crippen LogP contribution in [0.3, 0.4) is 0 Å². The molecule has 0 aliphatic carbocycles. The molecule has 0 radical (unpaired) electrons. The Kier molecular flexibility index (Phi) is 4.87. The third kappa shape index (κ3) is 4.61. The van der Waals surface area contributed by atoms with E-state index < -0.39 is 0 Å². The summed E-state index contributed by atoms with van der Waals surface area (Å²) in [5, 5.41) is 13.0. The number of nitrogens with zero attached hydrogens (tertiary/aromatic N) is 2. The minimum Gasteiger partial charge on any atom is -0.430 e. The van der Waals surface area contributed by atoms with E-state index >= 15 is 0 Å². The van der Waals surface area contributed by atoms with E-state index in [-0.39, 0.29) is 0 Å². The van der Waals surface area contributed by atoms with E-state index in [4.69, 9.17) is 4.74 Å². The number of hydrogen-bond acceptors (Lipinski definition) is 5. The Morgan fingerprint density at radius 3 is 2.63 bits per heavy atom. The van der Waals surface area contributed by atoms with Crippen molar-refractivity contribution in [3.63, 3.8) is 0 Å². The molecule has 19 heavy (non-hydrogen) atoms. The second kappa shape index (κ2) is 6.63. The molecule has 2 rings (SSSR count). The standard InChI is InChI=1S/C14H19N3OS/c1-10(2)8-15-9-13-16-17-14(19-13)18-12-6-4-11(3)5-7-12/h4-7,10,15H,8-9H2,1-3H3. The van der Waals surface area contributed by atoms with Crippen LogP contribution in [0.4, 0.5) is 0 Å². The highest BCUT2D eigenvalue weighted by atomic mass is 32.1. The molecule has 0 saturated carbocycles. The molecule has 0 amide bonds. The Morgan fingerprint density at radius 2 is 1.95 bits per heavy atom. The number of aryl methyl sites for hydroxylation is 1. The molecule has 5 heteroatoms. The summed E-state index contributed by atoms with van der Waals surface area (Å²) in [5.74, 6) is 1.43. The van der Waals surface area contributed by atoms with Gasteiger partial charge in [0.15, 0.2) is 0 Å². The van der Waals surface area contributed by atoms with Gasteiger partial charge in [-0.1, -0.05) is 48.0 Å². The zero-order valence-electron chi connectivity index (χ0n) is 11.5. The highest BCUT2D eigenvalue weighted by Gasteiger charge is 2.06. The van der Waals surface area contributed by atoms with E-state index in [1.165, 1.54) is 16.9 Å². The van der Waals surface area contributed by atoms with E-state index in [0.717, 1.165) is 23.8 Å². The van der Waals surface area contributed by atoms with Crippen LogP contribution < -0.4 is 10.1 Å². The van der Waals surface area contributed by atoms with Gasteiger partial charge >= 0.3 is 0 Å². The molecule has 1 aromatic carbocycles. The van der Waals surface area contributed by atoms with E-state index in [0.29, 0.717) is 11.1 Å². The Morgan fingerprint density at radius 1 is 1.21 bits per heavy atom. The SMILES string of the molecule is Cc1ccc(Oc2nnc(CNCC(C)C)s2)cc1. The van der Waals surface area contributed by atoms with Crippen molar-refractivity contribution >= 4 is 11.3 Å². The van der Waals surface area contributed by atoms with Gasteiger partial charge in [0.2, 0.25) is 0 Å². The van der Waals surface area contributed by atoms with Gasteiger partial charge in [-0.15, -0.1) is 5.10 Å². The Hall–Kier alpha value is -1.46. The Labute approximate surface area is 117 Å². The van der Waals surface area contributed by atoms with Gasteiger partial charge in [0.25, 0.3) is 5.19 Å². The molecule has 0 atom stereocenters. The van der Waals surface area contributed by atoms with Crippen LogP contribution in [-0.4, -0.2) is 16.7 Å². The highest BCUT2D eigenvalue weighted by Crippen LogP contribution is 2.24. The maximum atomic E-state index is 5.66. The Balaban J connectivity index is 1.88. The first kappa shape index (κ1) is 14.0. The zero-order valence-corrected chi connectivity index (χ0v) is 12.3. The number of ether oxygens (including phenoxy) is 1. The maximum absolute atomic E-state index is 5.66. The fourth-order valence-electron chi connectivity index (χ4n) is 1.53. The van der Waals surface area contributed by atoms with Gasteiger partial charge in [0, 0.05) is 6.54 Å². The van der Waals surface area contributed by atoms with Gasteiger partial charge in [-0.05, 0) is 31.5 Å². The molecule has 0 unspecified atom stereocenters. The van der Waals surface area contributed by atoms with Gasteiger partial charge in [0.1, 0.15) is 10.8 Å². The minimum absolute atomic E-state index is 0.588. The molecular formula is C14H19N3OS. The third-order valence-corrected chi connectivity index (χ3v) is 3.30. The number of rotatable bonds is 6. The highest BCUT2D eigenvalue weighted by molar-refractivity contribution is 7.13. The lowest BCUT2D eigenvalue weighted by atomic mass is 10.2. The van der Waals surface area contributed by atoms with Crippen LogP contribution in [0, 0.1) is 12.8 Å². The van der Waals surface area contributed by atoms with Crippen molar-refractivity contribution in [2.45, 2.75) is 27.3 Å². The van der Waals surface area contributed by atoms with E-state index in [2.05, 4.69) is 29.4 Å². The summed E-state index contributed by atoms with van der Waals surface area (Å²) in [6.07, 6.45) is 0. The summed E-state index contributed by atoms with van der Waals surface area (Å²) in [6.45, 7) is 8.13. The predicted octanol–water partition coefficient (Wildman–Crippen LogP) is 3.38. The first-order valence-corrected chi connectivity index (χ1v) is 7.23. The van der Waals surface area contributed by atoms with Gasteiger partial charge in [-0.25, -0.2) is 0 Å². The number of benzene rings is 1. The summed E-state index contributed by atoms with van der Waals surface area (Å²) in [7, 11) is 0. The van der Waals surface area contributed by atoms with Crippen molar-refractivity contribution in [2.24, 2.45) is 5.92 Å². The van der Waals surface area contributed by atoms with Crippen LogP contribution in [0.25, 0.3) is 0 Å². The van der Waals surface area contributed by atoms with Gasteiger partial charge < -0.3 is 10.1 Å². The smallest absolute Gasteiger partial charge is 0.299 e. The van der Waals surface area contributed by atoms with Crippen LogP contribution in [0.15, 0.2) is 24.3 Å². The van der Waals surface area contributed by atoms with Crippen LogP contribution in [-0.2, 0) is 6.54 Å². The van der Waals surface area contributed by atoms with Crippen molar-refractivity contribution in [3.05, 3.63) is 34.8 Å². The van der Waals surface area contributed by atoms with Crippen molar-refractivity contribution in [1.82, 2.24) is 15.5 Å². The largest absolute Gasteiger partial charge is 0.430 e. The maximum Gasteiger partial charge on any atom is 0.299 e. The molecule has 1 aromatic heterocycles. The molecule has 0 bridgehead atoms. The minimum atomic E-state index is 0.588. The summed E-state index contributed by atoms with van der Waals surface area (Å²) < 4.78 is 5.66. The predicted molar refractivity (Wildman–Crippen MR) is 77.7 cm³/mol. The summed E-state index contributed by atoms with van der Waals surface area (Å²) in [6, 6.07) is 7.91. The monoisotopic (exact) mass is 277 g/mol. The Bertz CT molecular complexity index is 508. The van der Waals surface area contributed by atoms with Crippen LogP contribution in [0.2, 0.25) is 0 Å². The van der Waals surface area contributed by atoms with Crippen LogP contribution in [0.1, 0.15) is 24.4 Å². The summed E-state index contributed by atoms with van der Waals surface area (Å²) in [5.41, 5.74) is 1.21. The number of aromatic nitrogens is 2. The average Bonchev–Trinajstić information content (AvgIpc) is 2.79. The normalized spacial score (nSPS) is 10.9. The van der Waals surface area contributed by atoms with E-state index in [9.17, 15) is 0 Å². The molecule has 1 N–H and O–H groups in total.